The molecular weight excluding hydrogens is 328 g/mol. The minimum Gasteiger partial charge on any atom is -0.455 e. The molecule has 23 heavy (non-hydrogen) atoms. The quantitative estimate of drug-likeness (QED) is 0.286. The summed E-state index contributed by atoms with van der Waals surface area (Å²) >= 11 is 0. The van der Waals surface area contributed by atoms with Gasteiger partial charge in [0.15, 0.2) is 16.6 Å². The van der Waals surface area contributed by atoms with Crippen LogP contribution in [0.1, 0.15) is 12.8 Å². The fraction of sp³-hybridized carbons (Fsp3) is 1.00. The van der Waals surface area contributed by atoms with Gasteiger partial charge in [-0.25, -0.2) is 0 Å². The van der Waals surface area contributed by atoms with Crippen molar-refractivity contribution in [2.45, 2.75) is 63.3 Å². The second-order valence-electron chi connectivity index (χ2n) is 7.89. The third-order valence-electron chi connectivity index (χ3n) is 4.21. The molecule has 0 amide bonds. The molecule has 2 rings (SSSR count). The maximum atomic E-state index is 6.63. The van der Waals surface area contributed by atoms with Crippen LogP contribution < -0.4 is 0 Å². The van der Waals surface area contributed by atoms with Gasteiger partial charge in [-0.05, 0) is 51.1 Å². The summed E-state index contributed by atoms with van der Waals surface area (Å²) in [7, 11) is -3.18. The van der Waals surface area contributed by atoms with Crippen LogP contribution in [-0.2, 0) is 23.1 Å². The monoisotopic (exact) mass is 362 g/mol. The first-order valence-corrected chi connectivity index (χ1v) is 15.2. The average molecular weight is 363 g/mol. The number of rotatable bonds is 13. The van der Waals surface area contributed by atoms with E-state index in [2.05, 4.69) is 26.2 Å². The fourth-order valence-corrected chi connectivity index (χ4v) is 11.7. The van der Waals surface area contributed by atoms with Gasteiger partial charge >= 0.3 is 0 Å². The van der Waals surface area contributed by atoms with Crippen LogP contribution in [0.4, 0.5) is 0 Å². The molecule has 0 bridgehead atoms. The molecule has 5 nitrogen and oxygen atoms in total. The molecule has 2 aliphatic rings. The second-order valence-corrected chi connectivity index (χ2v) is 16.7. The van der Waals surface area contributed by atoms with E-state index in [0.29, 0.717) is 12.2 Å². The Balaban J connectivity index is 1.52. The van der Waals surface area contributed by atoms with Crippen molar-refractivity contribution in [3.63, 3.8) is 0 Å². The lowest BCUT2D eigenvalue weighted by molar-refractivity contribution is -0.129. The molecule has 1 unspecified atom stereocenters. The molecule has 0 aromatic heterocycles. The van der Waals surface area contributed by atoms with E-state index < -0.39 is 16.6 Å². The van der Waals surface area contributed by atoms with Crippen molar-refractivity contribution in [1.82, 2.24) is 0 Å². The van der Waals surface area contributed by atoms with Gasteiger partial charge in [-0.1, -0.05) is 0 Å². The molecule has 2 saturated heterocycles. The lowest BCUT2D eigenvalue weighted by Crippen LogP contribution is -2.44. The summed E-state index contributed by atoms with van der Waals surface area (Å²) in [5, 5.41) is 0. The maximum Gasteiger partial charge on any atom is 0.173 e. The smallest absolute Gasteiger partial charge is 0.173 e. The van der Waals surface area contributed by atoms with E-state index in [9.17, 15) is 0 Å². The Morgan fingerprint density at radius 2 is 1.52 bits per heavy atom. The summed E-state index contributed by atoms with van der Waals surface area (Å²) in [6.07, 6.45) is 2.91. The van der Waals surface area contributed by atoms with Crippen LogP contribution in [-0.4, -0.2) is 68.5 Å². The molecule has 136 valence electrons. The SMILES string of the molecule is C[Si](C)(CCCOCC1CO1)O[Si](C)(C)CCCOC1COC1. The highest BCUT2D eigenvalue weighted by atomic mass is 28.4. The Morgan fingerprint density at radius 3 is 2.04 bits per heavy atom. The van der Waals surface area contributed by atoms with Crippen molar-refractivity contribution in [3.8, 4) is 0 Å². The van der Waals surface area contributed by atoms with Gasteiger partial charge in [0.25, 0.3) is 0 Å². The Kier molecular flexibility index (Phi) is 7.72. The van der Waals surface area contributed by atoms with Gasteiger partial charge in [0.2, 0.25) is 0 Å². The van der Waals surface area contributed by atoms with E-state index in [1.807, 2.05) is 0 Å². The Bertz CT molecular complexity index is 343. The Labute approximate surface area is 143 Å². The zero-order valence-electron chi connectivity index (χ0n) is 15.3. The number of hydrogen-bond acceptors (Lipinski definition) is 5. The van der Waals surface area contributed by atoms with E-state index in [1.54, 1.807) is 0 Å². The third-order valence-corrected chi connectivity index (χ3v) is 11.7. The predicted octanol–water partition coefficient (Wildman–Crippen LogP) is 3.02. The third kappa shape index (κ3) is 8.76. The van der Waals surface area contributed by atoms with Gasteiger partial charge in [-0.15, -0.1) is 0 Å². The van der Waals surface area contributed by atoms with Crippen LogP contribution in [0, 0.1) is 0 Å². The highest BCUT2D eigenvalue weighted by Gasteiger charge is 2.32. The van der Waals surface area contributed by atoms with Crippen molar-refractivity contribution in [2.24, 2.45) is 0 Å². The minimum absolute atomic E-state index is 0.340. The average Bonchev–Trinajstić information content (AvgIpc) is 3.18. The molecule has 0 radical (unpaired) electrons. The van der Waals surface area contributed by atoms with E-state index in [0.717, 1.165) is 52.5 Å². The van der Waals surface area contributed by atoms with Crippen LogP contribution >= 0.6 is 0 Å². The van der Waals surface area contributed by atoms with Crippen LogP contribution in [0.5, 0.6) is 0 Å². The minimum atomic E-state index is -1.59. The normalized spacial score (nSPS) is 22.2. The summed E-state index contributed by atoms with van der Waals surface area (Å²) in [4.78, 5) is 0. The zero-order valence-corrected chi connectivity index (χ0v) is 17.3. The van der Waals surface area contributed by atoms with Crippen molar-refractivity contribution >= 4 is 16.6 Å². The lowest BCUT2D eigenvalue weighted by atomic mass is 10.3. The summed E-state index contributed by atoms with van der Waals surface area (Å²) in [5.41, 5.74) is 0. The highest BCUT2D eigenvalue weighted by molar-refractivity contribution is 6.84. The molecule has 0 aromatic rings. The topological polar surface area (TPSA) is 49.5 Å². The van der Waals surface area contributed by atoms with E-state index in [-0.39, 0.29) is 0 Å². The molecular formula is C16H34O5Si2. The lowest BCUT2D eigenvalue weighted by Gasteiger charge is -2.34. The van der Waals surface area contributed by atoms with Crippen molar-refractivity contribution in [1.29, 1.82) is 0 Å². The Hall–Kier alpha value is 0.234. The van der Waals surface area contributed by atoms with Gasteiger partial charge in [0, 0.05) is 13.2 Å². The number of hydrogen-bond donors (Lipinski definition) is 0. The number of epoxide rings is 1. The standard InChI is InChI=1S/C16H34O5Si2/c1-22(2,9-5-7-17-11-16-14-20-16)21-23(3,4)10-6-8-19-15-12-18-13-15/h15-16H,5-14H2,1-4H3. The molecule has 0 N–H and O–H groups in total. The molecule has 2 fully saturated rings. The van der Waals surface area contributed by atoms with E-state index in [1.165, 1.54) is 12.1 Å². The molecule has 7 heteroatoms. The van der Waals surface area contributed by atoms with Crippen LogP contribution in [0.15, 0.2) is 0 Å². The Morgan fingerprint density at radius 1 is 0.913 bits per heavy atom. The van der Waals surface area contributed by atoms with Crippen molar-refractivity contribution in [2.75, 3.05) is 39.6 Å². The maximum absolute atomic E-state index is 6.63. The molecule has 0 aromatic carbocycles. The van der Waals surface area contributed by atoms with E-state index >= 15 is 0 Å². The number of ether oxygens (including phenoxy) is 4. The van der Waals surface area contributed by atoms with E-state index in [4.69, 9.17) is 23.1 Å². The van der Waals surface area contributed by atoms with Crippen molar-refractivity contribution in [3.05, 3.63) is 0 Å². The van der Waals surface area contributed by atoms with Gasteiger partial charge in [0.1, 0.15) is 12.2 Å². The fourth-order valence-electron chi connectivity index (χ4n) is 2.89. The largest absolute Gasteiger partial charge is 0.455 e. The summed E-state index contributed by atoms with van der Waals surface area (Å²) in [6.45, 7) is 14.2. The zero-order chi connectivity index (χ0) is 16.8. The molecule has 0 aliphatic carbocycles. The first-order chi connectivity index (χ1) is 10.9. The summed E-state index contributed by atoms with van der Waals surface area (Å²) in [5.74, 6) is 0. The van der Waals surface area contributed by atoms with Crippen LogP contribution in [0.3, 0.4) is 0 Å². The van der Waals surface area contributed by atoms with Crippen molar-refractivity contribution < 1.29 is 23.1 Å². The van der Waals surface area contributed by atoms with Gasteiger partial charge in [-0.2, -0.15) is 0 Å². The second kappa shape index (κ2) is 9.08. The highest BCUT2D eigenvalue weighted by Crippen LogP contribution is 2.24. The first kappa shape index (κ1) is 19.6. The van der Waals surface area contributed by atoms with Gasteiger partial charge in [0.05, 0.1) is 26.4 Å². The van der Waals surface area contributed by atoms with Crippen LogP contribution in [0.2, 0.25) is 38.3 Å². The van der Waals surface area contributed by atoms with Crippen LogP contribution in [0.25, 0.3) is 0 Å². The van der Waals surface area contributed by atoms with Gasteiger partial charge in [-0.3, -0.25) is 0 Å². The predicted molar refractivity (Wildman–Crippen MR) is 96.0 cm³/mol. The summed E-state index contributed by atoms with van der Waals surface area (Å²) in [6, 6.07) is 2.34. The molecule has 1 atom stereocenters. The molecule has 2 aliphatic heterocycles. The molecule has 0 saturated carbocycles. The molecule has 0 spiro atoms. The molecule has 2 heterocycles. The summed E-state index contributed by atoms with van der Waals surface area (Å²) < 4.78 is 28.3. The van der Waals surface area contributed by atoms with Gasteiger partial charge < -0.3 is 23.1 Å². The first-order valence-electron chi connectivity index (χ1n) is 8.95.